The van der Waals surface area contributed by atoms with Crippen LogP contribution in [0.4, 0.5) is 10.1 Å². The second-order valence-electron chi connectivity index (χ2n) is 8.57. The van der Waals surface area contributed by atoms with Crippen LogP contribution in [0.3, 0.4) is 0 Å². The van der Waals surface area contributed by atoms with Gasteiger partial charge in [0.25, 0.3) is 0 Å². The number of aromatic nitrogens is 2. The van der Waals surface area contributed by atoms with Gasteiger partial charge < -0.3 is 24.0 Å². The van der Waals surface area contributed by atoms with E-state index in [-0.39, 0.29) is 37.2 Å². The summed E-state index contributed by atoms with van der Waals surface area (Å²) in [5, 5.41) is 10.9. The zero-order valence-corrected chi connectivity index (χ0v) is 19.3. The molecule has 180 valence electrons. The monoisotopic (exact) mass is 475 g/mol. The molecule has 4 aromatic rings. The Labute approximate surface area is 202 Å². The molecule has 1 fully saturated rings. The van der Waals surface area contributed by atoms with Crippen molar-refractivity contribution in [2.45, 2.75) is 25.0 Å². The highest BCUT2D eigenvalue weighted by molar-refractivity contribution is 5.96. The number of ether oxygens (including phenoxy) is 2. The Morgan fingerprint density at radius 2 is 1.86 bits per heavy atom. The zero-order chi connectivity index (χ0) is 24.4. The molecule has 0 spiro atoms. The number of aliphatic hydroxyl groups excluding tert-OH is 1. The van der Waals surface area contributed by atoms with E-state index in [1.165, 1.54) is 12.1 Å². The highest BCUT2D eigenvalue weighted by Crippen LogP contribution is 2.33. The maximum atomic E-state index is 13.8. The standard InChI is InChI=1S/C27H26FN3O4/c1-34-24-11-4-5-12-25(24)35-17-21(32)16-31-23-10-3-2-9-22(23)29-27(31)18-13-26(33)30(15-18)20-8-6-7-19(28)14-20/h2-12,14,18,21,32H,13,15-17H2,1H3/t18-,21-/m1/s1. The number of carbonyl (C=O) groups is 1. The molecule has 1 N–H and O–H groups in total. The number of para-hydroxylation sites is 4. The summed E-state index contributed by atoms with van der Waals surface area (Å²) in [6, 6.07) is 21.0. The van der Waals surface area contributed by atoms with Crippen molar-refractivity contribution in [1.82, 2.24) is 9.55 Å². The average Bonchev–Trinajstić information content (AvgIpc) is 3.43. The van der Waals surface area contributed by atoms with E-state index in [9.17, 15) is 14.3 Å². The Morgan fingerprint density at radius 1 is 1.09 bits per heavy atom. The molecular weight excluding hydrogens is 449 g/mol. The van der Waals surface area contributed by atoms with Crippen LogP contribution in [-0.2, 0) is 11.3 Å². The molecule has 1 aliphatic heterocycles. The van der Waals surface area contributed by atoms with Crippen LogP contribution < -0.4 is 14.4 Å². The van der Waals surface area contributed by atoms with Crippen LogP contribution in [0, 0.1) is 5.82 Å². The van der Waals surface area contributed by atoms with Gasteiger partial charge in [-0.1, -0.05) is 30.3 Å². The molecule has 3 aromatic carbocycles. The summed E-state index contributed by atoms with van der Waals surface area (Å²) in [5.74, 6) is 1.20. The number of hydrogen-bond acceptors (Lipinski definition) is 5. The molecule has 1 saturated heterocycles. The molecule has 0 saturated carbocycles. The van der Waals surface area contributed by atoms with Crippen molar-refractivity contribution in [1.29, 1.82) is 0 Å². The quantitative estimate of drug-likeness (QED) is 0.415. The molecule has 8 heteroatoms. The lowest BCUT2D eigenvalue weighted by molar-refractivity contribution is -0.117. The maximum Gasteiger partial charge on any atom is 0.227 e. The highest BCUT2D eigenvalue weighted by Gasteiger charge is 2.35. The minimum absolute atomic E-state index is 0.0608. The highest BCUT2D eigenvalue weighted by atomic mass is 19.1. The maximum absolute atomic E-state index is 13.8. The molecule has 0 bridgehead atoms. The van der Waals surface area contributed by atoms with E-state index < -0.39 is 6.10 Å². The van der Waals surface area contributed by atoms with Gasteiger partial charge in [-0.3, -0.25) is 4.79 Å². The Morgan fingerprint density at radius 3 is 2.66 bits per heavy atom. The SMILES string of the molecule is COc1ccccc1OC[C@H](O)Cn1c([C@@H]2CC(=O)N(c3cccc(F)c3)C2)nc2ccccc21. The molecule has 2 atom stereocenters. The zero-order valence-electron chi connectivity index (χ0n) is 19.3. The predicted molar refractivity (Wildman–Crippen MR) is 130 cm³/mol. The van der Waals surface area contributed by atoms with E-state index in [2.05, 4.69) is 0 Å². The van der Waals surface area contributed by atoms with Crippen molar-refractivity contribution in [2.75, 3.05) is 25.2 Å². The Bertz CT molecular complexity index is 1360. The van der Waals surface area contributed by atoms with E-state index in [0.29, 0.717) is 23.7 Å². The van der Waals surface area contributed by atoms with Gasteiger partial charge in [-0.2, -0.15) is 0 Å². The fourth-order valence-electron chi connectivity index (χ4n) is 4.56. The topological polar surface area (TPSA) is 76.8 Å². The van der Waals surface area contributed by atoms with Crippen molar-refractivity contribution >= 4 is 22.6 Å². The van der Waals surface area contributed by atoms with Crippen LogP contribution in [-0.4, -0.2) is 46.9 Å². The van der Waals surface area contributed by atoms with Crippen LogP contribution in [0.5, 0.6) is 11.5 Å². The summed E-state index contributed by atoms with van der Waals surface area (Å²) < 4.78 is 26.8. The summed E-state index contributed by atoms with van der Waals surface area (Å²) in [4.78, 5) is 19.2. The van der Waals surface area contributed by atoms with Gasteiger partial charge in [-0.15, -0.1) is 0 Å². The average molecular weight is 476 g/mol. The van der Waals surface area contributed by atoms with Gasteiger partial charge in [0.05, 0.1) is 24.7 Å². The van der Waals surface area contributed by atoms with Gasteiger partial charge in [0.15, 0.2) is 11.5 Å². The first-order chi connectivity index (χ1) is 17.0. The first kappa shape index (κ1) is 22.9. The number of benzene rings is 3. The number of carbonyl (C=O) groups excluding carboxylic acids is 1. The van der Waals surface area contributed by atoms with Crippen molar-refractivity contribution in [3.63, 3.8) is 0 Å². The third-order valence-electron chi connectivity index (χ3n) is 6.19. The van der Waals surface area contributed by atoms with E-state index in [1.54, 1.807) is 36.3 Å². The molecule has 2 heterocycles. The van der Waals surface area contributed by atoms with E-state index in [1.807, 2.05) is 41.0 Å². The number of anilines is 1. The summed E-state index contributed by atoms with van der Waals surface area (Å²) in [6.45, 7) is 0.695. The van der Waals surface area contributed by atoms with Crippen molar-refractivity contribution in [3.05, 3.63) is 84.4 Å². The molecule has 0 unspecified atom stereocenters. The molecule has 1 aliphatic rings. The lowest BCUT2D eigenvalue weighted by Gasteiger charge is -2.19. The van der Waals surface area contributed by atoms with E-state index >= 15 is 0 Å². The molecule has 35 heavy (non-hydrogen) atoms. The molecule has 5 rings (SSSR count). The lowest BCUT2D eigenvalue weighted by Crippen LogP contribution is -2.26. The molecular formula is C27H26FN3O4. The van der Waals surface area contributed by atoms with Crippen LogP contribution >= 0.6 is 0 Å². The third kappa shape index (κ3) is 4.70. The number of hydrogen-bond donors (Lipinski definition) is 1. The summed E-state index contributed by atoms with van der Waals surface area (Å²) in [6.07, 6.45) is -0.569. The normalized spacial score (nSPS) is 16.6. The van der Waals surface area contributed by atoms with E-state index in [4.69, 9.17) is 14.5 Å². The summed E-state index contributed by atoms with van der Waals surface area (Å²) >= 11 is 0. The molecule has 0 aliphatic carbocycles. The van der Waals surface area contributed by atoms with Gasteiger partial charge in [0.2, 0.25) is 5.91 Å². The first-order valence-corrected chi connectivity index (χ1v) is 11.5. The minimum atomic E-state index is -0.826. The fourth-order valence-corrected chi connectivity index (χ4v) is 4.56. The Balaban J connectivity index is 1.38. The van der Waals surface area contributed by atoms with Crippen LogP contribution in [0.1, 0.15) is 18.2 Å². The summed E-state index contributed by atoms with van der Waals surface area (Å²) in [5.41, 5.74) is 2.19. The van der Waals surface area contributed by atoms with E-state index in [0.717, 1.165) is 16.9 Å². The number of halogens is 1. The molecule has 1 aromatic heterocycles. The number of methoxy groups -OCH3 is 1. The molecule has 7 nitrogen and oxygen atoms in total. The van der Waals surface area contributed by atoms with Crippen molar-refractivity contribution in [2.24, 2.45) is 0 Å². The number of amides is 1. The van der Waals surface area contributed by atoms with Crippen LogP contribution in [0.15, 0.2) is 72.8 Å². The number of fused-ring (bicyclic) bond motifs is 1. The van der Waals surface area contributed by atoms with Crippen molar-refractivity contribution in [3.8, 4) is 11.5 Å². The Kier molecular flexibility index (Phi) is 6.37. The van der Waals surface area contributed by atoms with Crippen molar-refractivity contribution < 1.29 is 23.8 Å². The molecule has 0 radical (unpaired) electrons. The van der Waals surface area contributed by atoms with Gasteiger partial charge in [0, 0.05) is 24.6 Å². The van der Waals surface area contributed by atoms with Gasteiger partial charge in [0.1, 0.15) is 24.4 Å². The number of rotatable bonds is 8. The largest absolute Gasteiger partial charge is 0.493 e. The first-order valence-electron chi connectivity index (χ1n) is 11.5. The van der Waals surface area contributed by atoms with Crippen LogP contribution in [0.2, 0.25) is 0 Å². The minimum Gasteiger partial charge on any atom is -0.493 e. The number of aliphatic hydroxyl groups is 1. The number of imidazole rings is 1. The van der Waals surface area contributed by atoms with Gasteiger partial charge in [-0.05, 0) is 42.5 Å². The Hall–Kier alpha value is -3.91. The smallest absolute Gasteiger partial charge is 0.227 e. The third-order valence-corrected chi connectivity index (χ3v) is 6.19. The molecule has 1 amide bonds. The summed E-state index contributed by atoms with van der Waals surface area (Å²) in [7, 11) is 1.57. The van der Waals surface area contributed by atoms with Gasteiger partial charge >= 0.3 is 0 Å². The van der Waals surface area contributed by atoms with Crippen LogP contribution in [0.25, 0.3) is 11.0 Å². The predicted octanol–water partition coefficient (Wildman–Crippen LogP) is 4.14. The van der Waals surface area contributed by atoms with Gasteiger partial charge in [-0.25, -0.2) is 9.37 Å². The fraction of sp³-hybridized carbons (Fsp3) is 0.259. The lowest BCUT2D eigenvalue weighted by atomic mass is 10.1. The number of nitrogens with zero attached hydrogens (tertiary/aromatic N) is 3. The second-order valence-corrected chi connectivity index (χ2v) is 8.57. The second kappa shape index (κ2) is 9.76.